The fourth-order valence-corrected chi connectivity index (χ4v) is 4.61. The molecule has 6 atom stereocenters. The van der Waals surface area contributed by atoms with Gasteiger partial charge in [-0.15, -0.1) is 0 Å². The number of amides is 1. The number of aliphatic carboxylic acids is 1. The minimum Gasteiger partial charge on any atom is -0.481 e. The molecule has 0 aliphatic heterocycles. The number of nitrogens with one attached hydrogen (secondary N) is 1. The number of anilines is 1. The van der Waals surface area contributed by atoms with E-state index in [2.05, 4.69) is 5.32 Å². The number of carbonyl (C=O) groups excluding carboxylic acids is 2. The van der Waals surface area contributed by atoms with Crippen LogP contribution in [0.5, 0.6) is 0 Å². The average molecular weight is 325 g/mol. The standard InChI is InChI=1S/C19H19NO4/c1-9(21)10-3-2-4-11(7-10)20-18(22)16-12-5-6-13(15-8-14(12)15)17(16)19(23)24/h2-7,12-17H,8H2,1H3,(H,20,22)(H,23,24)/t12-,13-,14+,15-,16+,17+/m0/s1. The summed E-state index contributed by atoms with van der Waals surface area (Å²) in [4.78, 5) is 36.1. The van der Waals surface area contributed by atoms with Crippen LogP contribution in [0.15, 0.2) is 36.4 Å². The van der Waals surface area contributed by atoms with Crippen molar-refractivity contribution in [1.82, 2.24) is 0 Å². The maximum atomic E-state index is 12.8. The van der Waals surface area contributed by atoms with Crippen molar-refractivity contribution in [2.45, 2.75) is 13.3 Å². The van der Waals surface area contributed by atoms with Gasteiger partial charge in [0.2, 0.25) is 5.91 Å². The van der Waals surface area contributed by atoms with E-state index in [1.165, 1.54) is 6.92 Å². The monoisotopic (exact) mass is 325 g/mol. The van der Waals surface area contributed by atoms with E-state index in [0.29, 0.717) is 23.1 Å². The second-order valence-electron chi connectivity index (χ2n) is 7.12. The molecule has 1 amide bonds. The van der Waals surface area contributed by atoms with Gasteiger partial charge in [-0.3, -0.25) is 14.4 Å². The number of ketones is 1. The lowest BCUT2D eigenvalue weighted by Crippen LogP contribution is -2.48. The van der Waals surface area contributed by atoms with Crippen LogP contribution < -0.4 is 5.32 Å². The summed E-state index contributed by atoms with van der Waals surface area (Å²) >= 11 is 0. The summed E-state index contributed by atoms with van der Waals surface area (Å²) < 4.78 is 0. The van der Waals surface area contributed by atoms with Gasteiger partial charge in [0.25, 0.3) is 0 Å². The number of allylic oxidation sites excluding steroid dienone is 2. The maximum Gasteiger partial charge on any atom is 0.307 e. The summed E-state index contributed by atoms with van der Waals surface area (Å²) in [5.74, 6) is -1.54. The Hall–Kier alpha value is -2.43. The Labute approximate surface area is 139 Å². The molecule has 0 spiro atoms. The zero-order valence-electron chi connectivity index (χ0n) is 13.3. The van der Waals surface area contributed by atoms with Gasteiger partial charge in [-0.25, -0.2) is 0 Å². The van der Waals surface area contributed by atoms with E-state index in [-0.39, 0.29) is 23.5 Å². The summed E-state index contributed by atoms with van der Waals surface area (Å²) in [5.41, 5.74) is 1.06. The lowest BCUT2D eigenvalue weighted by atomic mass is 9.62. The number of hydrogen-bond donors (Lipinski definition) is 2. The van der Waals surface area contributed by atoms with Crippen molar-refractivity contribution >= 4 is 23.3 Å². The molecule has 4 aliphatic carbocycles. The van der Waals surface area contributed by atoms with E-state index in [9.17, 15) is 19.5 Å². The molecule has 2 N–H and O–H groups in total. The molecule has 0 aromatic heterocycles. The van der Waals surface area contributed by atoms with Crippen molar-refractivity contribution in [2.75, 3.05) is 5.32 Å². The minimum absolute atomic E-state index is 0.0112. The second kappa shape index (κ2) is 5.30. The molecule has 5 nitrogen and oxygen atoms in total. The molecule has 24 heavy (non-hydrogen) atoms. The third-order valence-electron chi connectivity index (χ3n) is 5.78. The predicted octanol–water partition coefficient (Wildman–Crippen LogP) is 2.60. The van der Waals surface area contributed by atoms with Crippen molar-refractivity contribution in [1.29, 1.82) is 0 Å². The normalized spacial score (nSPS) is 35.2. The molecule has 5 rings (SSSR count). The molecule has 0 saturated heterocycles. The van der Waals surface area contributed by atoms with Crippen LogP contribution in [0.25, 0.3) is 0 Å². The topological polar surface area (TPSA) is 83.5 Å². The fraction of sp³-hybridized carbons (Fsp3) is 0.421. The number of benzene rings is 1. The highest BCUT2D eigenvalue weighted by Gasteiger charge is 2.62. The number of carboxylic acid groups (broad SMARTS) is 1. The molecule has 2 saturated carbocycles. The summed E-state index contributed by atoms with van der Waals surface area (Å²) in [6.07, 6.45) is 5.06. The highest BCUT2D eigenvalue weighted by Crippen LogP contribution is 2.63. The zero-order chi connectivity index (χ0) is 17.0. The third-order valence-corrected chi connectivity index (χ3v) is 5.78. The molecule has 2 bridgehead atoms. The first kappa shape index (κ1) is 15.1. The largest absolute Gasteiger partial charge is 0.481 e. The molecule has 2 fully saturated rings. The zero-order valence-corrected chi connectivity index (χ0v) is 13.3. The summed E-state index contributed by atoms with van der Waals surface area (Å²) in [6, 6.07) is 6.76. The Morgan fingerprint density at radius 3 is 2.38 bits per heavy atom. The first-order chi connectivity index (χ1) is 11.5. The molecular weight excluding hydrogens is 306 g/mol. The molecule has 1 aromatic rings. The van der Waals surface area contributed by atoms with E-state index in [1.54, 1.807) is 24.3 Å². The lowest BCUT2D eigenvalue weighted by Gasteiger charge is -2.41. The van der Waals surface area contributed by atoms with Crippen molar-refractivity contribution in [3.63, 3.8) is 0 Å². The minimum atomic E-state index is -0.891. The second-order valence-corrected chi connectivity index (χ2v) is 7.12. The van der Waals surface area contributed by atoms with E-state index < -0.39 is 17.8 Å². The van der Waals surface area contributed by atoms with Crippen LogP contribution in [0, 0.1) is 35.5 Å². The molecule has 0 heterocycles. The summed E-state index contributed by atoms with van der Waals surface area (Å²) in [7, 11) is 0. The number of Topliss-reactive ketones (excluding diaryl/α,β-unsaturated/α-hetero) is 1. The average Bonchev–Trinajstić information content (AvgIpc) is 3.36. The molecule has 4 aliphatic rings. The Balaban J connectivity index is 1.59. The lowest BCUT2D eigenvalue weighted by molar-refractivity contribution is -0.152. The van der Waals surface area contributed by atoms with Crippen LogP contribution in [0.1, 0.15) is 23.7 Å². The number of rotatable bonds is 4. The molecule has 1 aromatic carbocycles. The van der Waals surface area contributed by atoms with E-state index >= 15 is 0 Å². The van der Waals surface area contributed by atoms with Crippen LogP contribution in [-0.4, -0.2) is 22.8 Å². The Morgan fingerprint density at radius 1 is 1.08 bits per heavy atom. The SMILES string of the molecule is CC(=O)c1cccc(NC(=O)[C@@H]2[C@H]3C=C[C@@H]([C@@H]4C[C@H]34)[C@H]2C(=O)O)c1. The van der Waals surface area contributed by atoms with Gasteiger partial charge in [0.15, 0.2) is 5.78 Å². The number of fused-ring (bicyclic) bond motifs is 1. The summed E-state index contributed by atoms with van der Waals surface area (Å²) in [6.45, 7) is 1.47. The predicted molar refractivity (Wildman–Crippen MR) is 87.4 cm³/mol. The third kappa shape index (κ3) is 2.27. The molecular formula is C19H19NO4. The fourth-order valence-electron chi connectivity index (χ4n) is 4.61. The van der Waals surface area contributed by atoms with Crippen molar-refractivity contribution in [3.05, 3.63) is 42.0 Å². The van der Waals surface area contributed by atoms with Gasteiger partial charge in [-0.05, 0) is 49.1 Å². The van der Waals surface area contributed by atoms with Crippen molar-refractivity contribution in [3.8, 4) is 0 Å². The number of carboxylic acids is 1. The summed E-state index contributed by atoms with van der Waals surface area (Å²) in [5, 5.41) is 12.5. The molecule has 124 valence electrons. The van der Waals surface area contributed by atoms with Crippen LogP contribution in [0.4, 0.5) is 5.69 Å². The Bertz CT molecular complexity index is 768. The highest BCUT2D eigenvalue weighted by atomic mass is 16.4. The van der Waals surface area contributed by atoms with Crippen LogP contribution in [-0.2, 0) is 9.59 Å². The van der Waals surface area contributed by atoms with Crippen LogP contribution in [0.2, 0.25) is 0 Å². The molecule has 0 unspecified atom stereocenters. The first-order valence-corrected chi connectivity index (χ1v) is 8.30. The van der Waals surface area contributed by atoms with Crippen LogP contribution in [0.3, 0.4) is 0 Å². The Kier molecular flexibility index (Phi) is 3.34. The van der Waals surface area contributed by atoms with Gasteiger partial charge in [0.1, 0.15) is 0 Å². The number of carbonyl (C=O) groups is 3. The molecule has 5 heteroatoms. The van der Waals surface area contributed by atoms with Crippen molar-refractivity contribution in [2.24, 2.45) is 35.5 Å². The smallest absolute Gasteiger partial charge is 0.307 e. The van der Waals surface area contributed by atoms with Gasteiger partial charge in [-0.2, -0.15) is 0 Å². The maximum absolute atomic E-state index is 12.8. The van der Waals surface area contributed by atoms with E-state index in [0.717, 1.165) is 6.42 Å². The van der Waals surface area contributed by atoms with Gasteiger partial charge in [0, 0.05) is 11.3 Å². The van der Waals surface area contributed by atoms with Gasteiger partial charge < -0.3 is 10.4 Å². The van der Waals surface area contributed by atoms with Gasteiger partial charge >= 0.3 is 5.97 Å². The van der Waals surface area contributed by atoms with E-state index in [4.69, 9.17) is 0 Å². The quantitative estimate of drug-likeness (QED) is 0.658. The van der Waals surface area contributed by atoms with Gasteiger partial charge in [0.05, 0.1) is 11.8 Å². The first-order valence-electron chi connectivity index (χ1n) is 8.30. The number of hydrogen-bond acceptors (Lipinski definition) is 3. The van der Waals surface area contributed by atoms with Crippen LogP contribution >= 0.6 is 0 Å². The van der Waals surface area contributed by atoms with E-state index in [1.807, 2.05) is 12.2 Å². The van der Waals surface area contributed by atoms with Gasteiger partial charge in [-0.1, -0.05) is 24.3 Å². The van der Waals surface area contributed by atoms with Crippen molar-refractivity contribution < 1.29 is 19.5 Å². The Morgan fingerprint density at radius 2 is 1.75 bits per heavy atom. The highest BCUT2D eigenvalue weighted by molar-refractivity contribution is 5.99. The molecule has 0 radical (unpaired) electrons.